The molecule has 0 amide bonds. The molecule has 0 heterocycles. The Morgan fingerprint density at radius 1 is 0.960 bits per heavy atom. The van der Waals surface area contributed by atoms with Gasteiger partial charge in [-0.25, -0.2) is 14.4 Å². The molecule has 4 saturated carbocycles. The molecule has 0 aromatic heterocycles. The van der Waals surface area contributed by atoms with Crippen LogP contribution in [0.1, 0.15) is 46.0 Å². The molecular weight excluding hydrogens is 324 g/mol. The lowest BCUT2D eigenvalue weighted by Crippen LogP contribution is -2.57. The normalized spacial score (nSPS) is 35.3. The average molecular weight is 350 g/mol. The maximum atomic E-state index is 11.9. The minimum absolute atomic E-state index is 0.109. The number of ether oxygens (including phenoxy) is 3. The molecule has 0 aromatic rings. The number of esters is 3. The number of rotatable bonds is 6. The predicted octanol–water partition coefficient (Wildman–Crippen LogP) is 2.41. The van der Waals surface area contributed by atoms with E-state index in [0.717, 1.165) is 11.8 Å². The Kier molecular flexibility index (Phi) is 5.00. The number of carbonyl (C=O) groups is 3. The van der Waals surface area contributed by atoms with Crippen molar-refractivity contribution in [3.8, 4) is 0 Å². The van der Waals surface area contributed by atoms with Crippen LogP contribution in [0.4, 0.5) is 0 Å². The highest BCUT2D eigenvalue weighted by Gasteiger charge is 2.55. The van der Waals surface area contributed by atoms with Crippen molar-refractivity contribution in [1.82, 2.24) is 0 Å². The molecule has 0 aromatic carbocycles. The summed E-state index contributed by atoms with van der Waals surface area (Å²) < 4.78 is 15.3. The Morgan fingerprint density at radius 2 is 1.52 bits per heavy atom. The fourth-order valence-electron chi connectivity index (χ4n) is 4.97. The first kappa shape index (κ1) is 18.1. The highest BCUT2D eigenvalue weighted by molar-refractivity contribution is 5.95. The minimum atomic E-state index is -0.915. The van der Waals surface area contributed by atoms with Crippen LogP contribution < -0.4 is 0 Å². The maximum absolute atomic E-state index is 11.9. The van der Waals surface area contributed by atoms with Crippen molar-refractivity contribution >= 4 is 17.9 Å². The van der Waals surface area contributed by atoms with Gasteiger partial charge in [-0.1, -0.05) is 6.58 Å². The van der Waals surface area contributed by atoms with E-state index in [4.69, 9.17) is 9.47 Å². The lowest BCUT2D eigenvalue weighted by molar-refractivity contribution is -0.203. The quantitative estimate of drug-likeness (QED) is 0.416. The van der Waals surface area contributed by atoms with E-state index in [9.17, 15) is 14.4 Å². The van der Waals surface area contributed by atoms with E-state index in [-0.39, 0.29) is 17.8 Å². The molecule has 0 unspecified atom stereocenters. The summed E-state index contributed by atoms with van der Waals surface area (Å²) in [5, 5.41) is 0. The molecule has 0 saturated heterocycles. The van der Waals surface area contributed by atoms with E-state index >= 15 is 0 Å². The van der Waals surface area contributed by atoms with Gasteiger partial charge in [-0.05, 0) is 69.6 Å². The van der Waals surface area contributed by atoms with Gasteiger partial charge in [-0.2, -0.15) is 0 Å². The molecule has 4 aliphatic carbocycles. The maximum Gasteiger partial charge on any atom is 0.352 e. The summed E-state index contributed by atoms with van der Waals surface area (Å²) in [6.07, 6.45) is 6.11. The molecule has 6 nitrogen and oxygen atoms in total. The topological polar surface area (TPSA) is 78.9 Å². The summed E-state index contributed by atoms with van der Waals surface area (Å²) in [5.41, 5.74) is -0.166. The van der Waals surface area contributed by atoms with Crippen LogP contribution in [-0.2, 0) is 28.6 Å². The van der Waals surface area contributed by atoms with E-state index in [2.05, 4.69) is 18.2 Å². The Morgan fingerprint density at radius 3 is 2.04 bits per heavy atom. The summed E-state index contributed by atoms with van der Waals surface area (Å²) in [4.78, 5) is 34.5. The van der Waals surface area contributed by atoms with Gasteiger partial charge in [0.25, 0.3) is 0 Å². The van der Waals surface area contributed by atoms with Gasteiger partial charge in [-0.15, -0.1) is 0 Å². The van der Waals surface area contributed by atoms with Gasteiger partial charge in [0.1, 0.15) is 6.61 Å². The van der Waals surface area contributed by atoms with Crippen LogP contribution in [0.25, 0.3) is 0 Å². The van der Waals surface area contributed by atoms with Crippen LogP contribution in [0.15, 0.2) is 12.2 Å². The third kappa shape index (κ3) is 3.78. The molecule has 6 heteroatoms. The SMILES string of the molecule is C=C(C)C(=O)OC(=O)COC(=O)COC1(C)C2CC3CC(C2)CC1C3. The molecule has 0 atom stereocenters. The minimum Gasteiger partial charge on any atom is -0.452 e. The molecule has 0 radical (unpaired) electrons. The second kappa shape index (κ2) is 6.90. The third-order valence-electron chi connectivity index (χ3n) is 6.17. The molecule has 4 bridgehead atoms. The first-order valence-corrected chi connectivity index (χ1v) is 8.98. The van der Waals surface area contributed by atoms with Gasteiger partial charge in [0, 0.05) is 5.57 Å². The monoisotopic (exact) mass is 350 g/mol. The summed E-state index contributed by atoms with van der Waals surface area (Å²) in [6.45, 7) is 6.14. The molecule has 138 valence electrons. The second-order valence-electron chi connectivity index (χ2n) is 7.98. The van der Waals surface area contributed by atoms with Gasteiger partial charge in [0.15, 0.2) is 6.61 Å². The van der Waals surface area contributed by atoms with Crippen molar-refractivity contribution in [2.24, 2.45) is 23.7 Å². The molecule has 4 rings (SSSR count). The van der Waals surface area contributed by atoms with Gasteiger partial charge >= 0.3 is 17.9 Å². The van der Waals surface area contributed by atoms with Gasteiger partial charge in [-0.3, -0.25) is 0 Å². The van der Waals surface area contributed by atoms with Crippen molar-refractivity contribution < 1.29 is 28.6 Å². The summed E-state index contributed by atoms with van der Waals surface area (Å²) in [6, 6.07) is 0. The summed E-state index contributed by atoms with van der Waals surface area (Å²) in [5.74, 6) is 0.318. The first-order chi connectivity index (χ1) is 11.8. The van der Waals surface area contributed by atoms with Gasteiger partial charge in [0.05, 0.1) is 5.60 Å². The Bertz CT molecular complexity index is 565. The molecule has 25 heavy (non-hydrogen) atoms. The average Bonchev–Trinajstić information content (AvgIpc) is 2.55. The van der Waals surface area contributed by atoms with Crippen LogP contribution in [0.5, 0.6) is 0 Å². The third-order valence-corrected chi connectivity index (χ3v) is 6.17. The van der Waals surface area contributed by atoms with Crippen LogP contribution in [0.3, 0.4) is 0 Å². The largest absolute Gasteiger partial charge is 0.452 e. The van der Waals surface area contributed by atoms with Crippen LogP contribution in [0, 0.1) is 23.7 Å². The van der Waals surface area contributed by atoms with Crippen molar-refractivity contribution in [1.29, 1.82) is 0 Å². The van der Waals surface area contributed by atoms with E-state index in [1.165, 1.54) is 39.0 Å². The second-order valence-corrected chi connectivity index (χ2v) is 7.98. The van der Waals surface area contributed by atoms with Gasteiger partial charge < -0.3 is 14.2 Å². The van der Waals surface area contributed by atoms with E-state index in [1.54, 1.807) is 0 Å². The zero-order chi connectivity index (χ0) is 18.2. The fourth-order valence-corrected chi connectivity index (χ4v) is 4.97. The predicted molar refractivity (Wildman–Crippen MR) is 88.3 cm³/mol. The fraction of sp³-hybridized carbons (Fsp3) is 0.737. The lowest BCUT2D eigenvalue weighted by atomic mass is 9.50. The van der Waals surface area contributed by atoms with E-state index in [0.29, 0.717) is 11.8 Å². The molecule has 0 spiro atoms. The van der Waals surface area contributed by atoms with Crippen molar-refractivity contribution in [3.63, 3.8) is 0 Å². The van der Waals surface area contributed by atoms with E-state index < -0.39 is 24.5 Å². The standard InChI is InChI=1S/C19H26O6/c1-11(2)18(22)25-17(21)9-23-16(20)10-24-19(3)14-5-12-4-13(7-14)8-15(19)6-12/h12-15H,1,4-10H2,2-3H3. The molecule has 4 fully saturated rings. The Balaban J connectivity index is 1.44. The van der Waals surface area contributed by atoms with Crippen molar-refractivity contribution in [2.75, 3.05) is 13.2 Å². The van der Waals surface area contributed by atoms with Crippen LogP contribution >= 0.6 is 0 Å². The van der Waals surface area contributed by atoms with Crippen LogP contribution in [-0.4, -0.2) is 36.7 Å². The summed E-state index contributed by atoms with van der Waals surface area (Å²) in [7, 11) is 0. The summed E-state index contributed by atoms with van der Waals surface area (Å²) >= 11 is 0. The highest BCUT2D eigenvalue weighted by atomic mass is 16.6. The van der Waals surface area contributed by atoms with E-state index in [1.807, 2.05) is 0 Å². The van der Waals surface area contributed by atoms with Crippen LogP contribution in [0.2, 0.25) is 0 Å². The Labute approximate surface area is 147 Å². The lowest BCUT2D eigenvalue weighted by Gasteiger charge is -2.59. The zero-order valence-corrected chi connectivity index (χ0v) is 14.9. The first-order valence-electron chi connectivity index (χ1n) is 8.98. The smallest absolute Gasteiger partial charge is 0.352 e. The Hall–Kier alpha value is -1.69. The molecule has 4 aliphatic rings. The molecule has 0 N–H and O–H groups in total. The molecule has 0 aliphatic heterocycles. The van der Waals surface area contributed by atoms with Crippen molar-refractivity contribution in [2.45, 2.75) is 51.6 Å². The molecular formula is C19H26O6. The number of hydrogen-bond donors (Lipinski definition) is 0. The number of carbonyl (C=O) groups excluding carboxylic acids is 3. The zero-order valence-electron chi connectivity index (χ0n) is 14.9. The highest BCUT2D eigenvalue weighted by Crippen LogP contribution is 2.59. The number of hydrogen-bond acceptors (Lipinski definition) is 6. The van der Waals surface area contributed by atoms with Crippen molar-refractivity contribution in [3.05, 3.63) is 12.2 Å². The van der Waals surface area contributed by atoms with Gasteiger partial charge in [0.2, 0.25) is 0 Å².